The van der Waals surface area contributed by atoms with Gasteiger partial charge >= 0.3 is 0 Å². The van der Waals surface area contributed by atoms with Crippen LogP contribution in [0.4, 0.5) is 4.39 Å². The third-order valence-corrected chi connectivity index (χ3v) is 4.57. The lowest BCUT2D eigenvalue weighted by molar-refractivity contribution is 0.0421. The van der Waals surface area contributed by atoms with Gasteiger partial charge in [-0.25, -0.2) is 4.39 Å². The largest absolute Gasteiger partial charge is 0.313 e. The Morgan fingerprint density at radius 2 is 2.22 bits per heavy atom. The molecule has 2 rings (SSSR count). The van der Waals surface area contributed by atoms with Gasteiger partial charge in [0, 0.05) is 17.7 Å². The van der Waals surface area contributed by atoms with Gasteiger partial charge in [0.25, 0.3) is 0 Å². The molecule has 3 heteroatoms. The molecule has 1 heterocycles. The predicted octanol–water partition coefficient (Wildman–Crippen LogP) is 3.49. The van der Waals surface area contributed by atoms with E-state index in [4.69, 9.17) is 0 Å². The van der Waals surface area contributed by atoms with Crippen LogP contribution in [0.5, 0.6) is 0 Å². The molecule has 1 aromatic heterocycles. The molecular weight excluding hydrogens is 227 g/mol. The van der Waals surface area contributed by atoms with Crippen molar-refractivity contribution in [1.82, 2.24) is 10.3 Å². The van der Waals surface area contributed by atoms with E-state index in [1.54, 1.807) is 0 Å². The predicted molar refractivity (Wildman–Crippen MR) is 72.0 cm³/mol. The lowest BCUT2D eigenvalue weighted by atomic mass is 9.55. The van der Waals surface area contributed by atoms with Gasteiger partial charge in [-0.2, -0.15) is 0 Å². The van der Waals surface area contributed by atoms with E-state index in [0.29, 0.717) is 12.0 Å². The van der Waals surface area contributed by atoms with Crippen molar-refractivity contribution < 1.29 is 4.39 Å². The molecule has 0 aliphatic heterocycles. The van der Waals surface area contributed by atoms with Crippen LogP contribution in [0.15, 0.2) is 18.3 Å². The molecule has 1 saturated carbocycles. The average molecular weight is 250 g/mol. The van der Waals surface area contributed by atoms with Crippen LogP contribution in [-0.4, -0.2) is 17.6 Å². The molecule has 1 aromatic rings. The number of nitrogens with one attached hydrogen (secondary N) is 1. The van der Waals surface area contributed by atoms with Gasteiger partial charge in [-0.3, -0.25) is 4.98 Å². The molecule has 2 nitrogen and oxygen atoms in total. The Bertz CT molecular complexity index is 390. The van der Waals surface area contributed by atoms with Gasteiger partial charge in [0.15, 0.2) is 0 Å². The Morgan fingerprint density at radius 3 is 2.78 bits per heavy atom. The molecular formula is C15H23FN2. The Labute approximate surface area is 109 Å². The molecule has 1 fully saturated rings. The second kappa shape index (κ2) is 5.35. The summed E-state index contributed by atoms with van der Waals surface area (Å²) >= 11 is 0. The van der Waals surface area contributed by atoms with Crippen LogP contribution in [-0.2, 0) is 0 Å². The summed E-state index contributed by atoms with van der Waals surface area (Å²) in [5.41, 5.74) is 1.29. The highest BCUT2D eigenvalue weighted by Gasteiger charge is 2.50. The van der Waals surface area contributed by atoms with Crippen LogP contribution in [0.3, 0.4) is 0 Å². The average Bonchev–Trinajstić information content (AvgIpc) is 2.38. The van der Waals surface area contributed by atoms with Crippen molar-refractivity contribution in [3.63, 3.8) is 0 Å². The fourth-order valence-corrected chi connectivity index (χ4v) is 3.04. The molecule has 0 radical (unpaired) electrons. The topological polar surface area (TPSA) is 24.9 Å². The zero-order chi connectivity index (χ0) is 13.2. The number of halogens is 1. The Kier molecular flexibility index (Phi) is 4.00. The molecule has 0 aromatic carbocycles. The van der Waals surface area contributed by atoms with Crippen LogP contribution in [0.1, 0.15) is 51.6 Å². The minimum atomic E-state index is -0.253. The van der Waals surface area contributed by atoms with Crippen LogP contribution in [0.2, 0.25) is 0 Å². The number of aromatic nitrogens is 1. The quantitative estimate of drug-likeness (QED) is 0.865. The first kappa shape index (κ1) is 13.5. The monoisotopic (exact) mass is 250 g/mol. The molecule has 1 N–H and O–H groups in total. The van der Waals surface area contributed by atoms with Gasteiger partial charge in [0.1, 0.15) is 5.82 Å². The van der Waals surface area contributed by atoms with E-state index in [0.717, 1.165) is 31.5 Å². The summed E-state index contributed by atoms with van der Waals surface area (Å²) < 4.78 is 12.9. The van der Waals surface area contributed by atoms with Crippen molar-refractivity contribution in [2.45, 2.75) is 52.0 Å². The summed E-state index contributed by atoms with van der Waals surface area (Å²) in [6, 6.07) is 3.93. The van der Waals surface area contributed by atoms with E-state index >= 15 is 0 Å². The van der Waals surface area contributed by atoms with Crippen molar-refractivity contribution in [1.29, 1.82) is 0 Å². The number of rotatable bonds is 5. The lowest BCUT2D eigenvalue weighted by Crippen LogP contribution is -2.57. The summed E-state index contributed by atoms with van der Waals surface area (Å²) in [7, 11) is 0. The van der Waals surface area contributed by atoms with Gasteiger partial charge in [-0.15, -0.1) is 0 Å². The molecule has 1 aliphatic carbocycles. The van der Waals surface area contributed by atoms with E-state index in [1.165, 1.54) is 12.3 Å². The fraction of sp³-hybridized carbons (Fsp3) is 0.667. The molecule has 0 spiro atoms. The van der Waals surface area contributed by atoms with Crippen molar-refractivity contribution >= 4 is 0 Å². The first-order valence-electron chi connectivity index (χ1n) is 6.96. The molecule has 3 atom stereocenters. The van der Waals surface area contributed by atoms with Gasteiger partial charge in [-0.1, -0.05) is 20.8 Å². The maximum atomic E-state index is 12.9. The smallest absolute Gasteiger partial charge is 0.141 e. The second-order valence-electron chi connectivity index (χ2n) is 5.56. The third-order valence-electron chi connectivity index (χ3n) is 4.57. The minimum Gasteiger partial charge on any atom is -0.313 e. The standard InChI is InChI=1S/C15H23FN2/c1-4-8-17-14-9-12(15(14,3)5-2)13-7-6-11(16)10-18-13/h6-7,10,12,14,17H,4-5,8-9H2,1-3H3. The van der Waals surface area contributed by atoms with Crippen LogP contribution in [0.25, 0.3) is 0 Å². The summed E-state index contributed by atoms with van der Waals surface area (Å²) in [6.45, 7) is 7.81. The highest BCUT2D eigenvalue weighted by molar-refractivity contribution is 5.22. The molecule has 0 amide bonds. The van der Waals surface area contributed by atoms with Crippen LogP contribution in [0, 0.1) is 11.2 Å². The van der Waals surface area contributed by atoms with Crippen LogP contribution < -0.4 is 5.32 Å². The normalized spacial score (nSPS) is 31.1. The van der Waals surface area contributed by atoms with Crippen molar-refractivity contribution in [2.24, 2.45) is 5.41 Å². The first-order valence-corrected chi connectivity index (χ1v) is 6.96. The summed E-state index contributed by atoms with van der Waals surface area (Å²) in [6.07, 6.45) is 4.73. The zero-order valence-corrected chi connectivity index (χ0v) is 11.5. The number of nitrogens with zero attached hydrogens (tertiary/aromatic N) is 1. The highest BCUT2D eigenvalue weighted by Crippen LogP contribution is 2.54. The van der Waals surface area contributed by atoms with Gasteiger partial charge in [-0.05, 0) is 43.4 Å². The summed E-state index contributed by atoms with van der Waals surface area (Å²) in [4.78, 5) is 4.26. The minimum absolute atomic E-state index is 0.250. The Hall–Kier alpha value is -0.960. The molecule has 3 unspecified atom stereocenters. The maximum Gasteiger partial charge on any atom is 0.141 e. The number of hydrogen-bond acceptors (Lipinski definition) is 2. The summed E-state index contributed by atoms with van der Waals surface area (Å²) in [5.74, 6) is 0.203. The third kappa shape index (κ3) is 2.28. The van der Waals surface area contributed by atoms with Gasteiger partial charge in [0.2, 0.25) is 0 Å². The molecule has 0 saturated heterocycles. The Morgan fingerprint density at radius 1 is 1.44 bits per heavy atom. The van der Waals surface area contributed by atoms with Crippen molar-refractivity contribution in [3.05, 3.63) is 29.8 Å². The van der Waals surface area contributed by atoms with Gasteiger partial charge in [0.05, 0.1) is 6.20 Å². The van der Waals surface area contributed by atoms with Crippen LogP contribution >= 0.6 is 0 Å². The van der Waals surface area contributed by atoms with E-state index in [2.05, 4.69) is 31.1 Å². The van der Waals surface area contributed by atoms with Crippen molar-refractivity contribution in [3.8, 4) is 0 Å². The number of hydrogen-bond donors (Lipinski definition) is 1. The number of pyridine rings is 1. The second-order valence-corrected chi connectivity index (χ2v) is 5.56. The zero-order valence-electron chi connectivity index (χ0n) is 11.5. The molecule has 0 bridgehead atoms. The highest BCUT2D eigenvalue weighted by atomic mass is 19.1. The fourth-order valence-electron chi connectivity index (χ4n) is 3.04. The Balaban J connectivity index is 2.09. The summed E-state index contributed by atoms with van der Waals surface area (Å²) in [5, 5.41) is 3.62. The molecule has 18 heavy (non-hydrogen) atoms. The van der Waals surface area contributed by atoms with E-state index in [-0.39, 0.29) is 11.2 Å². The van der Waals surface area contributed by atoms with Crippen molar-refractivity contribution in [2.75, 3.05) is 6.54 Å². The van der Waals surface area contributed by atoms with E-state index in [1.807, 2.05) is 6.07 Å². The lowest BCUT2D eigenvalue weighted by Gasteiger charge is -2.54. The molecule has 100 valence electrons. The SMILES string of the molecule is CCCNC1CC(c2ccc(F)cn2)C1(C)CC. The van der Waals surface area contributed by atoms with E-state index in [9.17, 15) is 4.39 Å². The molecule has 1 aliphatic rings. The van der Waals surface area contributed by atoms with E-state index < -0.39 is 0 Å². The first-order chi connectivity index (χ1) is 8.61. The van der Waals surface area contributed by atoms with Gasteiger partial charge < -0.3 is 5.32 Å². The maximum absolute atomic E-state index is 12.9.